The van der Waals surface area contributed by atoms with Crippen LogP contribution in [0.3, 0.4) is 0 Å². The molecule has 11 heteroatoms. The highest BCUT2D eigenvalue weighted by Gasteiger charge is 2.35. The number of imidazole rings is 1. The van der Waals surface area contributed by atoms with Gasteiger partial charge in [0.1, 0.15) is 18.2 Å². The summed E-state index contributed by atoms with van der Waals surface area (Å²) in [4.78, 5) is 13.9. The molecule has 158 valence electrons. The van der Waals surface area contributed by atoms with Crippen LogP contribution in [0.4, 0.5) is 19.0 Å². The van der Waals surface area contributed by atoms with E-state index in [0.29, 0.717) is 42.6 Å². The first-order valence-electron chi connectivity index (χ1n) is 8.94. The van der Waals surface area contributed by atoms with Gasteiger partial charge in [0.15, 0.2) is 17.3 Å². The standard InChI is InChI=1S/C19H17ClF3N5O2/c1-27-10-15(19(21,22)23)25-16(27)12-4-3-11(7-13(12)29-2)9-28-5-6-30-14-8-24-18(20)26-17(14)28/h3-4,7-8,10H,5-6,9H2,1-2H3. The third-order valence-electron chi connectivity index (χ3n) is 4.67. The van der Waals surface area contributed by atoms with Gasteiger partial charge in [-0.25, -0.2) is 9.97 Å². The van der Waals surface area contributed by atoms with E-state index >= 15 is 0 Å². The lowest BCUT2D eigenvalue weighted by Crippen LogP contribution is -2.33. The Hall–Kier alpha value is -3.01. The predicted molar refractivity (Wildman–Crippen MR) is 104 cm³/mol. The average Bonchev–Trinajstić information content (AvgIpc) is 3.10. The minimum absolute atomic E-state index is 0.118. The van der Waals surface area contributed by atoms with Gasteiger partial charge in [0, 0.05) is 19.8 Å². The van der Waals surface area contributed by atoms with Crippen LogP contribution in [0.2, 0.25) is 5.28 Å². The molecule has 0 unspecified atom stereocenters. The Morgan fingerprint density at radius 1 is 1.27 bits per heavy atom. The number of benzene rings is 1. The maximum atomic E-state index is 13.0. The van der Waals surface area contributed by atoms with E-state index in [4.69, 9.17) is 21.1 Å². The zero-order valence-corrected chi connectivity index (χ0v) is 16.8. The highest BCUT2D eigenvalue weighted by molar-refractivity contribution is 6.28. The molecule has 3 aromatic rings. The van der Waals surface area contributed by atoms with Crippen LogP contribution in [0.15, 0.2) is 30.6 Å². The molecule has 0 radical (unpaired) electrons. The second-order valence-electron chi connectivity index (χ2n) is 6.69. The van der Waals surface area contributed by atoms with E-state index in [1.54, 1.807) is 12.1 Å². The molecule has 1 aliphatic rings. The Balaban J connectivity index is 1.65. The minimum atomic E-state index is -4.52. The van der Waals surface area contributed by atoms with Crippen molar-refractivity contribution in [2.75, 3.05) is 25.2 Å². The third kappa shape index (κ3) is 3.87. The summed E-state index contributed by atoms with van der Waals surface area (Å²) in [6.07, 6.45) is -2.04. The van der Waals surface area contributed by atoms with Gasteiger partial charge in [-0.1, -0.05) is 6.07 Å². The molecule has 3 heterocycles. The predicted octanol–water partition coefficient (Wildman–Crippen LogP) is 3.96. The van der Waals surface area contributed by atoms with Gasteiger partial charge in [-0.3, -0.25) is 0 Å². The molecule has 0 aliphatic carbocycles. The van der Waals surface area contributed by atoms with Crippen LogP contribution < -0.4 is 14.4 Å². The number of anilines is 1. The summed E-state index contributed by atoms with van der Waals surface area (Å²) in [6, 6.07) is 5.29. The highest BCUT2D eigenvalue weighted by atomic mass is 35.5. The number of hydrogen-bond donors (Lipinski definition) is 0. The van der Waals surface area contributed by atoms with E-state index in [1.165, 1.54) is 24.9 Å². The van der Waals surface area contributed by atoms with Crippen molar-refractivity contribution >= 4 is 17.4 Å². The van der Waals surface area contributed by atoms with Gasteiger partial charge in [0.25, 0.3) is 0 Å². The van der Waals surface area contributed by atoms with Gasteiger partial charge in [0.2, 0.25) is 5.28 Å². The molecular formula is C19H17ClF3N5O2. The highest BCUT2D eigenvalue weighted by Crippen LogP contribution is 2.36. The number of aryl methyl sites for hydroxylation is 1. The van der Waals surface area contributed by atoms with Gasteiger partial charge < -0.3 is 18.9 Å². The molecule has 1 aliphatic heterocycles. The van der Waals surface area contributed by atoms with Crippen LogP contribution in [-0.2, 0) is 19.8 Å². The molecular weight excluding hydrogens is 423 g/mol. The molecule has 0 amide bonds. The Morgan fingerprint density at radius 3 is 2.77 bits per heavy atom. The van der Waals surface area contributed by atoms with E-state index in [0.717, 1.165) is 11.8 Å². The first-order chi connectivity index (χ1) is 14.3. The largest absolute Gasteiger partial charge is 0.496 e. The lowest BCUT2D eigenvalue weighted by Gasteiger charge is -2.29. The molecule has 0 N–H and O–H groups in total. The number of hydrogen-bond acceptors (Lipinski definition) is 6. The molecule has 7 nitrogen and oxygen atoms in total. The zero-order valence-electron chi connectivity index (χ0n) is 16.1. The van der Waals surface area contributed by atoms with Crippen molar-refractivity contribution in [3.63, 3.8) is 0 Å². The molecule has 0 spiro atoms. The summed E-state index contributed by atoms with van der Waals surface area (Å²) in [7, 11) is 2.98. The number of alkyl halides is 3. The number of fused-ring (bicyclic) bond motifs is 1. The van der Waals surface area contributed by atoms with Crippen molar-refractivity contribution in [3.8, 4) is 22.9 Å². The minimum Gasteiger partial charge on any atom is -0.496 e. The van der Waals surface area contributed by atoms with E-state index in [2.05, 4.69) is 15.0 Å². The van der Waals surface area contributed by atoms with E-state index in [1.807, 2.05) is 11.0 Å². The van der Waals surface area contributed by atoms with Gasteiger partial charge >= 0.3 is 6.18 Å². The maximum Gasteiger partial charge on any atom is 0.434 e. The van der Waals surface area contributed by atoms with Crippen molar-refractivity contribution in [1.82, 2.24) is 19.5 Å². The first-order valence-corrected chi connectivity index (χ1v) is 9.32. The van der Waals surface area contributed by atoms with Crippen molar-refractivity contribution in [3.05, 3.63) is 47.1 Å². The summed E-state index contributed by atoms with van der Waals surface area (Å²) >= 11 is 5.92. The summed E-state index contributed by atoms with van der Waals surface area (Å²) in [5.74, 6) is 1.72. The Bertz CT molecular complexity index is 1090. The van der Waals surface area contributed by atoms with Gasteiger partial charge in [0.05, 0.1) is 25.4 Å². The van der Waals surface area contributed by atoms with Crippen molar-refractivity contribution in [2.24, 2.45) is 7.05 Å². The lowest BCUT2D eigenvalue weighted by molar-refractivity contribution is -0.140. The summed E-state index contributed by atoms with van der Waals surface area (Å²) in [6.45, 7) is 1.55. The van der Waals surface area contributed by atoms with Crippen molar-refractivity contribution in [2.45, 2.75) is 12.7 Å². The van der Waals surface area contributed by atoms with E-state index < -0.39 is 11.9 Å². The number of rotatable bonds is 4. The van der Waals surface area contributed by atoms with Crippen molar-refractivity contribution in [1.29, 1.82) is 0 Å². The molecule has 1 aromatic carbocycles. The van der Waals surface area contributed by atoms with Crippen LogP contribution in [0.5, 0.6) is 11.5 Å². The average molecular weight is 440 g/mol. The number of nitrogens with zero attached hydrogens (tertiary/aromatic N) is 5. The fourth-order valence-corrected chi connectivity index (χ4v) is 3.42. The second kappa shape index (κ2) is 7.67. The van der Waals surface area contributed by atoms with Gasteiger partial charge in [-0.2, -0.15) is 18.2 Å². The summed E-state index contributed by atoms with van der Waals surface area (Å²) in [5, 5.41) is 0.118. The first kappa shape index (κ1) is 20.3. The number of methoxy groups -OCH3 is 1. The summed E-state index contributed by atoms with van der Waals surface area (Å²) in [5.41, 5.74) is 0.392. The lowest BCUT2D eigenvalue weighted by atomic mass is 10.1. The molecule has 4 rings (SSSR count). The van der Waals surface area contributed by atoms with Crippen LogP contribution >= 0.6 is 11.6 Å². The monoisotopic (exact) mass is 439 g/mol. The summed E-state index contributed by atoms with van der Waals surface area (Å²) < 4.78 is 51.4. The van der Waals surface area contributed by atoms with Crippen LogP contribution in [-0.4, -0.2) is 39.8 Å². The van der Waals surface area contributed by atoms with Gasteiger partial charge in [-0.15, -0.1) is 0 Å². The van der Waals surface area contributed by atoms with Gasteiger partial charge in [-0.05, 0) is 29.3 Å². The molecule has 0 atom stereocenters. The molecule has 0 fully saturated rings. The number of halogens is 4. The SMILES string of the molecule is COc1cc(CN2CCOc3cnc(Cl)nc32)ccc1-c1nc(C(F)(F)F)cn1C. The smallest absolute Gasteiger partial charge is 0.434 e. The molecule has 0 saturated carbocycles. The Morgan fingerprint density at radius 2 is 2.07 bits per heavy atom. The Kier molecular flexibility index (Phi) is 5.19. The van der Waals surface area contributed by atoms with Crippen LogP contribution in [0.25, 0.3) is 11.4 Å². The van der Waals surface area contributed by atoms with Crippen molar-refractivity contribution < 1.29 is 22.6 Å². The van der Waals surface area contributed by atoms with E-state index in [-0.39, 0.29) is 11.1 Å². The maximum absolute atomic E-state index is 13.0. The normalized spacial score (nSPS) is 13.7. The van der Waals surface area contributed by atoms with E-state index in [9.17, 15) is 13.2 Å². The molecule has 2 aromatic heterocycles. The number of ether oxygens (including phenoxy) is 2. The fourth-order valence-electron chi connectivity index (χ4n) is 3.29. The molecule has 0 saturated heterocycles. The van der Waals surface area contributed by atoms with Crippen LogP contribution in [0, 0.1) is 0 Å². The quantitative estimate of drug-likeness (QED) is 0.573. The number of aromatic nitrogens is 4. The topological polar surface area (TPSA) is 65.3 Å². The second-order valence-corrected chi connectivity index (χ2v) is 7.03. The van der Waals surface area contributed by atoms with Crippen LogP contribution in [0.1, 0.15) is 11.3 Å². The zero-order chi connectivity index (χ0) is 21.5. The Labute approximate surface area is 175 Å². The third-order valence-corrected chi connectivity index (χ3v) is 4.85. The molecule has 0 bridgehead atoms. The fraction of sp³-hybridized carbons (Fsp3) is 0.316. The molecule has 30 heavy (non-hydrogen) atoms.